The van der Waals surface area contributed by atoms with Gasteiger partial charge in [0.1, 0.15) is 5.75 Å². The number of hydrogen-bond donors (Lipinski definition) is 0. The normalized spacial score (nSPS) is 20.9. The van der Waals surface area contributed by atoms with Gasteiger partial charge in [-0.1, -0.05) is 62.7 Å². The molecule has 32 heavy (non-hydrogen) atoms. The lowest BCUT2D eigenvalue weighted by Gasteiger charge is -2.44. The summed E-state index contributed by atoms with van der Waals surface area (Å²) >= 11 is 0. The van der Waals surface area contributed by atoms with Crippen molar-refractivity contribution in [2.24, 2.45) is 5.92 Å². The van der Waals surface area contributed by atoms with E-state index in [4.69, 9.17) is 9.47 Å². The summed E-state index contributed by atoms with van der Waals surface area (Å²) in [5.41, 5.74) is 3.82. The van der Waals surface area contributed by atoms with Gasteiger partial charge in [0.2, 0.25) is 5.91 Å². The lowest BCUT2D eigenvalue weighted by atomic mass is 9.68. The van der Waals surface area contributed by atoms with Crippen molar-refractivity contribution in [1.29, 1.82) is 0 Å². The second kappa shape index (κ2) is 11.0. The van der Waals surface area contributed by atoms with Gasteiger partial charge in [-0.15, -0.1) is 0 Å². The predicted octanol–water partition coefficient (Wildman–Crippen LogP) is 5.91. The minimum absolute atomic E-state index is 0.0348. The maximum absolute atomic E-state index is 12.8. The topological polar surface area (TPSA) is 38.8 Å². The third-order valence-electron chi connectivity index (χ3n) is 6.96. The number of methoxy groups -OCH3 is 1. The van der Waals surface area contributed by atoms with E-state index in [1.807, 2.05) is 36.1 Å². The highest BCUT2D eigenvalue weighted by atomic mass is 16.5. The Balaban J connectivity index is 1.82. The molecule has 4 heteroatoms. The van der Waals surface area contributed by atoms with Gasteiger partial charge in [0, 0.05) is 31.5 Å². The summed E-state index contributed by atoms with van der Waals surface area (Å²) < 4.78 is 11.4. The average molecular weight is 438 g/mol. The molecular formula is C28H39NO3. The molecule has 2 aromatic carbocycles. The Labute approximate surface area is 193 Å². The smallest absolute Gasteiger partial charge is 0.222 e. The van der Waals surface area contributed by atoms with Gasteiger partial charge in [0.15, 0.2) is 0 Å². The average Bonchev–Trinajstić information content (AvgIpc) is 2.82. The van der Waals surface area contributed by atoms with Gasteiger partial charge in [0.25, 0.3) is 0 Å². The van der Waals surface area contributed by atoms with Crippen LogP contribution in [0.4, 0.5) is 0 Å². The van der Waals surface area contributed by atoms with Crippen LogP contribution in [0.1, 0.15) is 63.1 Å². The second-order valence-electron chi connectivity index (χ2n) is 9.52. The Morgan fingerprint density at radius 1 is 1.16 bits per heavy atom. The zero-order valence-electron chi connectivity index (χ0n) is 20.4. The van der Waals surface area contributed by atoms with Gasteiger partial charge >= 0.3 is 0 Å². The zero-order valence-corrected chi connectivity index (χ0v) is 20.4. The first-order valence-corrected chi connectivity index (χ1v) is 12.0. The Bertz CT molecular complexity index is 859. The largest absolute Gasteiger partial charge is 0.497 e. The van der Waals surface area contributed by atoms with E-state index in [1.165, 1.54) is 11.1 Å². The summed E-state index contributed by atoms with van der Waals surface area (Å²) in [4.78, 5) is 14.9. The molecule has 0 radical (unpaired) electrons. The molecule has 1 aliphatic heterocycles. The van der Waals surface area contributed by atoms with Crippen LogP contribution < -0.4 is 4.74 Å². The minimum Gasteiger partial charge on any atom is -0.497 e. The Morgan fingerprint density at radius 2 is 1.84 bits per heavy atom. The fraction of sp³-hybridized carbons (Fsp3) is 0.536. The molecule has 0 N–H and O–H groups in total. The first-order valence-electron chi connectivity index (χ1n) is 12.0. The summed E-state index contributed by atoms with van der Waals surface area (Å²) in [5.74, 6) is 1.52. The van der Waals surface area contributed by atoms with E-state index in [-0.39, 0.29) is 17.4 Å². The van der Waals surface area contributed by atoms with Crippen molar-refractivity contribution < 1.29 is 14.3 Å². The maximum atomic E-state index is 12.8. The minimum atomic E-state index is 0.0348. The van der Waals surface area contributed by atoms with Crippen LogP contribution in [0.3, 0.4) is 0 Å². The predicted molar refractivity (Wildman–Crippen MR) is 130 cm³/mol. The fourth-order valence-corrected chi connectivity index (χ4v) is 4.74. The quantitative estimate of drug-likeness (QED) is 0.490. The molecule has 1 aliphatic rings. The first-order chi connectivity index (χ1) is 15.4. The van der Waals surface area contributed by atoms with Crippen LogP contribution in [-0.2, 0) is 21.5 Å². The third kappa shape index (κ3) is 5.92. The van der Waals surface area contributed by atoms with E-state index < -0.39 is 0 Å². The van der Waals surface area contributed by atoms with Crippen LogP contribution in [0.2, 0.25) is 0 Å². The van der Waals surface area contributed by atoms with Crippen molar-refractivity contribution in [2.75, 3.05) is 20.3 Å². The highest BCUT2D eigenvalue weighted by Crippen LogP contribution is 2.42. The Kier molecular flexibility index (Phi) is 8.36. The summed E-state index contributed by atoms with van der Waals surface area (Å²) in [6.45, 7) is 10.7. The van der Waals surface area contributed by atoms with Crippen LogP contribution in [0, 0.1) is 12.8 Å². The lowest BCUT2D eigenvalue weighted by Crippen LogP contribution is -2.43. The van der Waals surface area contributed by atoms with Crippen molar-refractivity contribution in [3.63, 3.8) is 0 Å². The summed E-state index contributed by atoms with van der Waals surface area (Å²) in [5, 5.41) is 0. The molecule has 0 aromatic heterocycles. The number of carbonyl (C=O) groups is 1. The number of nitrogens with zero attached hydrogens (tertiary/aromatic N) is 1. The van der Waals surface area contributed by atoms with Gasteiger partial charge in [-0.05, 0) is 55.4 Å². The number of amides is 1. The molecule has 1 heterocycles. The van der Waals surface area contributed by atoms with E-state index >= 15 is 0 Å². The Hall–Kier alpha value is -2.33. The van der Waals surface area contributed by atoms with Gasteiger partial charge in [-0.3, -0.25) is 4.79 Å². The van der Waals surface area contributed by atoms with Crippen molar-refractivity contribution in [3.05, 3.63) is 65.2 Å². The number of ether oxygens (including phenoxy) is 2. The van der Waals surface area contributed by atoms with Gasteiger partial charge < -0.3 is 14.4 Å². The third-order valence-corrected chi connectivity index (χ3v) is 6.96. The highest BCUT2D eigenvalue weighted by molar-refractivity contribution is 5.75. The van der Waals surface area contributed by atoms with Crippen LogP contribution in [0.15, 0.2) is 48.5 Å². The summed E-state index contributed by atoms with van der Waals surface area (Å²) in [6, 6.07) is 17.0. The monoisotopic (exact) mass is 437 g/mol. The Morgan fingerprint density at radius 3 is 2.44 bits per heavy atom. The van der Waals surface area contributed by atoms with E-state index in [0.717, 1.165) is 43.7 Å². The molecular weight excluding hydrogens is 398 g/mol. The molecule has 1 amide bonds. The highest BCUT2D eigenvalue weighted by Gasteiger charge is 2.39. The number of hydrogen-bond acceptors (Lipinski definition) is 3. The van der Waals surface area contributed by atoms with Crippen LogP contribution >= 0.6 is 0 Å². The lowest BCUT2D eigenvalue weighted by molar-refractivity contribution is -0.132. The van der Waals surface area contributed by atoms with Crippen LogP contribution in [0.25, 0.3) is 0 Å². The number of aryl methyl sites for hydroxylation is 1. The molecule has 1 saturated heterocycles. The van der Waals surface area contributed by atoms with Gasteiger partial charge in [-0.25, -0.2) is 0 Å². The molecule has 0 spiro atoms. The molecule has 1 fully saturated rings. The van der Waals surface area contributed by atoms with E-state index in [2.05, 4.69) is 45.0 Å². The molecule has 0 unspecified atom stereocenters. The molecule has 2 atom stereocenters. The fourth-order valence-electron chi connectivity index (χ4n) is 4.74. The standard InChI is InChI=1S/C28H39NO3/c1-6-27(30)29(20-23-9-13-25(31-5)14-10-23)17-15-28(24-11-7-22(4)8-12-24)16-18-32-26(19-28)21(2)3/h7-14,21,26H,6,15-20H2,1-5H3/t26-,28-/m1/s1. The molecule has 174 valence electrons. The van der Waals surface area contributed by atoms with Crippen molar-refractivity contribution >= 4 is 5.91 Å². The van der Waals surface area contributed by atoms with Crippen molar-refractivity contribution in [1.82, 2.24) is 4.90 Å². The first kappa shape index (κ1) is 24.3. The SMILES string of the molecule is CCC(=O)N(CC[C@@]1(c2ccc(C)cc2)CCO[C@@H](C(C)C)C1)Cc1ccc(OC)cc1. The van der Waals surface area contributed by atoms with Gasteiger partial charge in [-0.2, -0.15) is 0 Å². The zero-order chi connectivity index (χ0) is 23.1. The van der Waals surface area contributed by atoms with Crippen LogP contribution in [-0.4, -0.2) is 37.2 Å². The number of rotatable bonds is 9. The second-order valence-corrected chi connectivity index (χ2v) is 9.52. The summed E-state index contributed by atoms with van der Waals surface area (Å²) in [7, 11) is 1.67. The molecule has 4 nitrogen and oxygen atoms in total. The molecule has 0 bridgehead atoms. The van der Waals surface area contributed by atoms with E-state index in [9.17, 15) is 4.79 Å². The summed E-state index contributed by atoms with van der Waals surface area (Å²) in [6.07, 6.45) is 3.72. The number of carbonyl (C=O) groups excluding carboxylic acids is 1. The van der Waals surface area contributed by atoms with Crippen LogP contribution in [0.5, 0.6) is 5.75 Å². The molecule has 0 aliphatic carbocycles. The molecule has 3 rings (SSSR count). The van der Waals surface area contributed by atoms with Crippen molar-refractivity contribution in [2.45, 2.75) is 71.4 Å². The molecule has 0 saturated carbocycles. The van der Waals surface area contributed by atoms with Crippen molar-refractivity contribution in [3.8, 4) is 5.75 Å². The van der Waals surface area contributed by atoms with Gasteiger partial charge in [0.05, 0.1) is 13.2 Å². The van der Waals surface area contributed by atoms with E-state index in [0.29, 0.717) is 18.9 Å². The molecule has 2 aromatic rings. The maximum Gasteiger partial charge on any atom is 0.222 e. The number of benzene rings is 2. The van der Waals surface area contributed by atoms with E-state index in [1.54, 1.807) is 7.11 Å².